The van der Waals surface area contributed by atoms with E-state index in [1.54, 1.807) is 0 Å². The summed E-state index contributed by atoms with van der Waals surface area (Å²) in [6.45, 7) is 7.71. The molecule has 0 radical (unpaired) electrons. The van der Waals surface area contributed by atoms with Crippen molar-refractivity contribution < 1.29 is 0 Å². The van der Waals surface area contributed by atoms with Crippen LogP contribution in [0.4, 0.5) is 0 Å². The van der Waals surface area contributed by atoms with E-state index in [2.05, 4.69) is 17.1 Å². The Balaban J connectivity index is 1.52. The zero-order valence-corrected chi connectivity index (χ0v) is 11.3. The summed E-state index contributed by atoms with van der Waals surface area (Å²) in [5.41, 5.74) is 0. The summed E-state index contributed by atoms with van der Waals surface area (Å²) >= 11 is 0. The van der Waals surface area contributed by atoms with Gasteiger partial charge in [-0.2, -0.15) is 0 Å². The van der Waals surface area contributed by atoms with Crippen LogP contribution in [0.25, 0.3) is 0 Å². The lowest BCUT2D eigenvalue weighted by molar-refractivity contribution is 0.204. The van der Waals surface area contributed by atoms with Gasteiger partial charge in [0.25, 0.3) is 0 Å². The van der Waals surface area contributed by atoms with Crippen LogP contribution in [-0.2, 0) is 0 Å². The van der Waals surface area contributed by atoms with E-state index >= 15 is 0 Å². The van der Waals surface area contributed by atoms with Crippen molar-refractivity contribution in [1.29, 1.82) is 0 Å². The van der Waals surface area contributed by atoms with Crippen LogP contribution in [0.2, 0.25) is 0 Å². The second-order valence-electron chi connectivity index (χ2n) is 6.49. The van der Waals surface area contributed by atoms with Crippen molar-refractivity contribution in [2.75, 3.05) is 26.2 Å². The van der Waals surface area contributed by atoms with Gasteiger partial charge in [-0.3, -0.25) is 4.90 Å². The van der Waals surface area contributed by atoms with Crippen molar-refractivity contribution in [3.63, 3.8) is 0 Å². The van der Waals surface area contributed by atoms with Crippen molar-refractivity contribution in [1.82, 2.24) is 10.2 Å². The molecule has 0 bridgehead atoms. The van der Waals surface area contributed by atoms with Crippen LogP contribution in [0.15, 0.2) is 0 Å². The van der Waals surface area contributed by atoms with Gasteiger partial charge in [0.1, 0.15) is 0 Å². The highest BCUT2D eigenvalue weighted by atomic mass is 15.2. The molecule has 2 aliphatic heterocycles. The first-order chi connectivity index (χ1) is 8.38. The molecule has 98 valence electrons. The van der Waals surface area contributed by atoms with Gasteiger partial charge in [-0.25, -0.2) is 0 Å². The average Bonchev–Trinajstić information content (AvgIpc) is 3.02. The predicted molar refractivity (Wildman–Crippen MR) is 72.1 cm³/mol. The maximum Gasteiger partial charge on any atom is 0.0137 e. The van der Waals surface area contributed by atoms with Crippen LogP contribution in [-0.4, -0.2) is 37.1 Å². The molecule has 17 heavy (non-hydrogen) atoms. The van der Waals surface area contributed by atoms with E-state index < -0.39 is 0 Å². The Hall–Kier alpha value is -0.0800. The number of nitrogens with zero attached hydrogens (tertiary/aromatic N) is 1. The van der Waals surface area contributed by atoms with Crippen LogP contribution >= 0.6 is 0 Å². The lowest BCUT2D eigenvalue weighted by Crippen LogP contribution is -2.36. The minimum absolute atomic E-state index is 0.886. The maximum atomic E-state index is 3.58. The van der Waals surface area contributed by atoms with Crippen LogP contribution in [0.5, 0.6) is 0 Å². The normalized spacial score (nSPS) is 39.0. The third-order valence-electron chi connectivity index (χ3n) is 5.54. The topological polar surface area (TPSA) is 15.3 Å². The quantitative estimate of drug-likeness (QED) is 0.807. The zero-order chi connectivity index (χ0) is 11.7. The molecule has 3 rings (SSSR count). The average molecular weight is 236 g/mol. The highest BCUT2D eigenvalue weighted by Gasteiger charge is 2.42. The van der Waals surface area contributed by atoms with E-state index in [-0.39, 0.29) is 0 Å². The van der Waals surface area contributed by atoms with Gasteiger partial charge < -0.3 is 5.32 Å². The molecule has 2 heteroatoms. The fourth-order valence-electron chi connectivity index (χ4n) is 4.58. The van der Waals surface area contributed by atoms with Gasteiger partial charge in [0, 0.05) is 12.6 Å². The molecule has 3 aliphatic rings. The summed E-state index contributed by atoms with van der Waals surface area (Å²) in [4.78, 5) is 2.83. The fraction of sp³-hybridized carbons (Fsp3) is 1.00. The van der Waals surface area contributed by atoms with Gasteiger partial charge in [0.2, 0.25) is 0 Å². The Kier molecular flexibility index (Phi) is 3.72. The number of likely N-dealkylation sites (tertiary alicyclic amines) is 1. The van der Waals surface area contributed by atoms with E-state index in [0.717, 1.165) is 23.8 Å². The monoisotopic (exact) mass is 236 g/mol. The van der Waals surface area contributed by atoms with Gasteiger partial charge in [0.05, 0.1) is 0 Å². The summed E-state index contributed by atoms with van der Waals surface area (Å²) in [5.74, 6) is 2.98. The van der Waals surface area contributed by atoms with Crippen molar-refractivity contribution >= 4 is 0 Å². The smallest absolute Gasteiger partial charge is 0.0137 e. The lowest BCUT2D eigenvalue weighted by Gasteiger charge is -2.27. The van der Waals surface area contributed by atoms with Gasteiger partial charge in [-0.05, 0) is 50.2 Å². The summed E-state index contributed by atoms with van der Waals surface area (Å²) in [5, 5.41) is 3.58. The summed E-state index contributed by atoms with van der Waals surface area (Å²) in [6, 6.07) is 0.886. The van der Waals surface area contributed by atoms with Crippen molar-refractivity contribution in [2.45, 2.75) is 51.5 Å². The first kappa shape index (κ1) is 12.0. The Morgan fingerprint density at radius 1 is 1.18 bits per heavy atom. The molecule has 1 aliphatic carbocycles. The molecule has 0 amide bonds. The molecule has 3 unspecified atom stereocenters. The van der Waals surface area contributed by atoms with Crippen LogP contribution < -0.4 is 5.32 Å². The molecule has 0 spiro atoms. The fourth-order valence-corrected chi connectivity index (χ4v) is 4.58. The van der Waals surface area contributed by atoms with Gasteiger partial charge in [0.15, 0.2) is 0 Å². The van der Waals surface area contributed by atoms with Crippen molar-refractivity contribution in [2.24, 2.45) is 17.8 Å². The van der Waals surface area contributed by atoms with Crippen molar-refractivity contribution in [3.05, 3.63) is 0 Å². The minimum Gasteiger partial charge on any atom is -0.316 e. The van der Waals surface area contributed by atoms with Gasteiger partial charge in [-0.15, -0.1) is 0 Å². The van der Waals surface area contributed by atoms with Crippen LogP contribution in [0.3, 0.4) is 0 Å². The highest BCUT2D eigenvalue weighted by molar-refractivity contribution is 4.97. The molecule has 3 fully saturated rings. The highest BCUT2D eigenvalue weighted by Crippen LogP contribution is 2.35. The van der Waals surface area contributed by atoms with E-state index in [1.807, 2.05) is 0 Å². The number of hydrogen-bond donors (Lipinski definition) is 1. The Morgan fingerprint density at radius 2 is 2.00 bits per heavy atom. The van der Waals surface area contributed by atoms with E-state index in [1.165, 1.54) is 64.7 Å². The molecule has 2 saturated heterocycles. The summed E-state index contributed by atoms with van der Waals surface area (Å²) < 4.78 is 0. The second-order valence-corrected chi connectivity index (χ2v) is 6.49. The third kappa shape index (κ3) is 2.39. The molecular formula is C15H28N2. The molecule has 0 aromatic rings. The van der Waals surface area contributed by atoms with Gasteiger partial charge in [-0.1, -0.05) is 32.6 Å². The number of hydrogen-bond acceptors (Lipinski definition) is 2. The number of nitrogens with one attached hydrogen (secondary N) is 1. The van der Waals surface area contributed by atoms with Crippen LogP contribution in [0, 0.1) is 17.8 Å². The predicted octanol–water partition coefficient (Wildman–Crippen LogP) is 2.50. The number of rotatable bonds is 4. The first-order valence-corrected chi connectivity index (χ1v) is 7.83. The van der Waals surface area contributed by atoms with E-state index in [4.69, 9.17) is 0 Å². The molecule has 2 nitrogen and oxygen atoms in total. The van der Waals surface area contributed by atoms with E-state index in [9.17, 15) is 0 Å². The molecule has 0 aromatic heterocycles. The maximum absolute atomic E-state index is 3.58. The molecule has 2 heterocycles. The minimum atomic E-state index is 0.886. The molecule has 1 saturated carbocycles. The SMILES string of the molecule is CCC1C2CNCC2CN1CCC1CCCC1. The first-order valence-electron chi connectivity index (χ1n) is 7.83. The summed E-state index contributed by atoms with van der Waals surface area (Å²) in [6.07, 6.45) is 8.85. The van der Waals surface area contributed by atoms with E-state index in [0.29, 0.717) is 0 Å². The molecule has 3 atom stereocenters. The van der Waals surface area contributed by atoms with Gasteiger partial charge >= 0.3 is 0 Å². The Morgan fingerprint density at radius 3 is 2.76 bits per heavy atom. The Bertz CT molecular complexity index is 247. The standard InChI is InChI=1S/C15H28N2/c1-2-15-14-10-16-9-13(14)11-17(15)8-7-12-5-3-4-6-12/h12-16H,2-11H2,1H3. The largest absolute Gasteiger partial charge is 0.316 e. The van der Waals surface area contributed by atoms with Crippen molar-refractivity contribution in [3.8, 4) is 0 Å². The summed E-state index contributed by atoms with van der Waals surface area (Å²) in [7, 11) is 0. The molecule has 1 N–H and O–H groups in total. The second kappa shape index (κ2) is 5.27. The third-order valence-corrected chi connectivity index (χ3v) is 5.54. The molecular weight excluding hydrogens is 208 g/mol. The number of fused-ring (bicyclic) bond motifs is 1. The lowest BCUT2D eigenvalue weighted by atomic mass is 9.93. The zero-order valence-electron chi connectivity index (χ0n) is 11.3. The molecule has 0 aromatic carbocycles. The Labute approximate surface area is 106 Å². The van der Waals surface area contributed by atoms with Crippen LogP contribution in [0.1, 0.15) is 45.4 Å².